The van der Waals surface area contributed by atoms with Crippen molar-refractivity contribution < 1.29 is 9.15 Å². The van der Waals surface area contributed by atoms with Crippen molar-refractivity contribution >= 4 is 11.1 Å². The molecule has 0 aliphatic rings. The maximum absolute atomic E-state index is 12.3. The van der Waals surface area contributed by atoms with Crippen molar-refractivity contribution in [2.45, 2.75) is 46.5 Å². The highest BCUT2D eigenvalue weighted by molar-refractivity contribution is 5.75. The molecule has 1 N–H and O–H groups in total. The Hall–Kier alpha value is -2.55. The predicted octanol–water partition coefficient (Wildman–Crippen LogP) is 2.65. The van der Waals surface area contributed by atoms with Crippen LogP contribution in [0, 0.1) is 17.8 Å². The number of aromatic amines is 1. The summed E-state index contributed by atoms with van der Waals surface area (Å²) in [4.78, 5) is 30.6. The van der Waals surface area contributed by atoms with E-state index in [2.05, 4.69) is 28.7 Å². The van der Waals surface area contributed by atoms with Crippen LogP contribution >= 0.6 is 0 Å². The lowest BCUT2D eigenvalue weighted by Gasteiger charge is -2.05. The van der Waals surface area contributed by atoms with E-state index in [4.69, 9.17) is 9.15 Å². The molecule has 0 fully saturated rings. The summed E-state index contributed by atoms with van der Waals surface area (Å²) in [6.45, 7) is 6.23. The van der Waals surface area contributed by atoms with Crippen molar-refractivity contribution in [1.82, 2.24) is 9.97 Å². The fraction of sp³-hybridized carbons (Fsp3) is 0.500. The molecule has 2 heterocycles. The van der Waals surface area contributed by atoms with E-state index in [1.54, 1.807) is 0 Å². The minimum atomic E-state index is -0.519. The zero-order valence-electron chi connectivity index (χ0n) is 14.3. The van der Waals surface area contributed by atoms with Crippen LogP contribution in [-0.2, 0) is 6.42 Å². The number of hydrogen-bond donors (Lipinski definition) is 1. The molecule has 0 aliphatic carbocycles. The van der Waals surface area contributed by atoms with Gasteiger partial charge in [0.05, 0.1) is 0 Å². The predicted molar refractivity (Wildman–Crippen MR) is 92.2 cm³/mol. The monoisotopic (exact) mass is 330 g/mol. The Labute approximate surface area is 140 Å². The molecule has 0 saturated carbocycles. The number of unbranched alkanes of at least 4 members (excludes halogenated alkanes) is 1. The van der Waals surface area contributed by atoms with Crippen molar-refractivity contribution in [2.24, 2.45) is 5.92 Å². The number of aryl methyl sites for hydroxylation is 1. The summed E-state index contributed by atoms with van der Waals surface area (Å²) in [5.74, 6) is 6.19. The quantitative estimate of drug-likeness (QED) is 0.823. The molecular formula is C18H22N2O4. The van der Waals surface area contributed by atoms with Crippen LogP contribution in [0.2, 0.25) is 0 Å². The van der Waals surface area contributed by atoms with Gasteiger partial charge in [-0.25, -0.2) is 4.79 Å². The van der Waals surface area contributed by atoms with Gasteiger partial charge in [-0.1, -0.05) is 39.0 Å². The van der Waals surface area contributed by atoms with E-state index >= 15 is 0 Å². The summed E-state index contributed by atoms with van der Waals surface area (Å²) in [5, 5.41) is 0.307. The smallest absolute Gasteiger partial charge is 0.337 e. The first kappa shape index (κ1) is 17.8. The SMILES string of the molecule is CCCCc1cc(=O)oc2nc(OCC#CC(C)CC)[nH]c(=O)c12. The highest BCUT2D eigenvalue weighted by atomic mass is 16.5. The number of ether oxygens (including phenoxy) is 1. The van der Waals surface area contributed by atoms with Gasteiger partial charge in [0, 0.05) is 12.0 Å². The topological polar surface area (TPSA) is 85.2 Å². The van der Waals surface area contributed by atoms with Crippen molar-refractivity contribution in [3.63, 3.8) is 0 Å². The summed E-state index contributed by atoms with van der Waals surface area (Å²) in [6, 6.07) is 1.36. The van der Waals surface area contributed by atoms with Crippen LogP contribution in [-0.4, -0.2) is 16.6 Å². The van der Waals surface area contributed by atoms with Crippen LogP contribution < -0.4 is 15.9 Å². The number of hydrogen-bond acceptors (Lipinski definition) is 5. The lowest BCUT2D eigenvalue weighted by atomic mass is 10.1. The van der Waals surface area contributed by atoms with Crippen LogP contribution in [0.3, 0.4) is 0 Å². The van der Waals surface area contributed by atoms with E-state index in [0.717, 1.165) is 19.3 Å². The molecule has 0 radical (unpaired) electrons. The molecule has 1 atom stereocenters. The van der Waals surface area contributed by atoms with Gasteiger partial charge in [-0.05, 0) is 24.8 Å². The second-order valence-electron chi connectivity index (χ2n) is 5.66. The Morgan fingerprint density at radius 1 is 1.38 bits per heavy atom. The fourth-order valence-corrected chi connectivity index (χ4v) is 2.18. The van der Waals surface area contributed by atoms with E-state index in [0.29, 0.717) is 17.4 Å². The summed E-state index contributed by atoms with van der Waals surface area (Å²) in [5.41, 5.74) is -0.240. The maximum Gasteiger partial charge on any atom is 0.337 e. The maximum atomic E-state index is 12.3. The first-order valence-corrected chi connectivity index (χ1v) is 8.23. The first-order valence-electron chi connectivity index (χ1n) is 8.23. The van der Waals surface area contributed by atoms with Gasteiger partial charge in [-0.15, -0.1) is 0 Å². The Morgan fingerprint density at radius 2 is 2.17 bits per heavy atom. The molecule has 6 nitrogen and oxygen atoms in total. The van der Waals surface area contributed by atoms with E-state index in [1.165, 1.54) is 6.07 Å². The van der Waals surface area contributed by atoms with E-state index in [9.17, 15) is 9.59 Å². The second kappa shape index (κ2) is 8.34. The molecule has 2 aromatic heterocycles. The average molecular weight is 330 g/mol. The largest absolute Gasteiger partial charge is 0.451 e. The molecule has 128 valence electrons. The normalized spacial score (nSPS) is 11.8. The molecule has 0 saturated heterocycles. The third kappa shape index (κ3) is 4.48. The Balaban J connectivity index is 2.30. The number of H-pyrrole nitrogens is 1. The molecule has 0 amide bonds. The van der Waals surface area contributed by atoms with Gasteiger partial charge < -0.3 is 9.15 Å². The van der Waals surface area contributed by atoms with E-state index in [-0.39, 0.29) is 29.8 Å². The van der Waals surface area contributed by atoms with Gasteiger partial charge in [-0.3, -0.25) is 9.78 Å². The van der Waals surface area contributed by atoms with Gasteiger partial charge in [0.1, 0.15) is 5.39 Å². The first-order chi connectivity index (χ1) is 11.5. The lowest BCUT2D eigenvalue weighted by Crippen LogP contribution is -2.15. The molecule has 2 rings (SSSR count). The number of nitrogens with zero attached hydrogens (tertiary/aromatic N) is 1. The molecular weight excluding hydrogens is 308 g/mol. The fourth-order valence-electron chi connectivity index (χ4n) is 2.18. The number of fused-ring (bicyclic) bond motifs is 1. The van der Waals surface area contributed by atoms with Crippen molar-refractivity contribution in [3.8, 4) is 17.9 Å². The summed E-state index contributed by atoms with van der Waals surface area (Å²) < 4.78 is 10.4. The molecule has 1 unspecified atom stereocenters. The third-order valence-electron chi connectivity index (χ3n) is 3.72. The van der Waals surface area contributed by atoms with Gasteiger partial charge in [0.15, 0.2) is 6.61 Å². The van der Waals surface area contributed by atoms with Crippen LogP contribution in [0.4, 0.5) is 0 Å². The molecule has 6 heteroatoms. The molecule has 0 bridgehead atoms. The van der Waals surface area contributed by atoms with Crippen LogP contribution in [0.1, 0.15) is 45.6 Å². The zero-order chi connectivity index (χ0) is 17.5. The molecule has 24 heavy (non-hydrogen) atoms. The minimum absolute atomic E-state index is 0.00161. The third-order valence-corrected chi connectivity index (χ3v) is 3.72. The summed E-state index contributed by atoms with van der Waals surface area (Å²) >= 11 is 0. The van der Waals surface area contributed by atoms with Gasteiger partial charge >= 0.3 is 11.6 Å². The minimum Gasteiger partial charge on any atom is -0.451 e. The Kier molecular flexibility index (Phi) is 6.19. The van der Waals surface area contributed by atoms with E-state index < -0.39 is 5.63 Å². The summed E-state index contributed by atoms with van der Waals surface area (Å²) in [6.07, 6.45) is 3.43. The van der Waals surface area contributed by atoms with Crippen LogP contribution in [0.25, 0.3) is 11.1 Å². The van der Waals surface area contributed by atoms with E-state index in [1.807, 2.05) is 13.8 Å². The highest BCUT2D eigenvalue weighted by Gasteiger charge is 2.12. The van der Waals surface area contributed by atoms with Crippen LogP contribution in [0.15, 0.2) is 20.1 Å². The molecule has 0 spiro atoms. The zero-order valence-corrected chi connectivity index (χ0v) is 14.3. The molecule has 2 aromatic rings. The standard InChI is InChI=1S/C18H22N2O4/c1-4-6-9-13-11-14(21)24-17-15(13)16(22)19-18(20-17)23-10-7-8-12(3)5-2/h11-12H,4-6,9-10H2,1-3H3,(H,19,20,22). The Bertz CT molecular complexity index is 870. The van der Waals surface area contributed by atoms with Crippen LogP contribution in [0.5, 0.6) is 6.01 Å². The Morgan fingerprint density at radius 3 is 2.88 bits per heavy atom. The van der Waals surface area contributed by atoms with Crippen molar-refractivity contribution in [2.75, 3.05) is 6.61 Å². The second-order valence-corrected chi connectivity index (χ2v) is 5.66. The average Bonchev–Trinajstić information content (AvgIpc) is 2.55. The van der Waals surface area contributed by atoms with Crippen molar-refractivity contribution in [1.29, 1.82) is 0 Å². The molecule has 0 aliphatic heterocycles. The van der Waals surface area contributed by atoms with Gasteiger partial charge in [0.25, 0.3) is 5.56 Å². The van der Waals surface area contributed by atoms with Gasteiger partial charge in [-0.2, -0.15) is 4.98 Å². The summed E-state index contributed by atoms with van der Waals surface area (Å²) in [7, 11) is 0. The highest BCUT2D eigenvalue weighted by Crippen LogP contribution is 2.15. The lowest BCUT2D eigenvalue weighted by molar-refractivity contribution is 0.337. The molecule has 0 aromatic carbocycles. The number of aromatic nitrogens is 2. The number of rotatable bonds is 6. The van der Waals surface area contributed by atoms with Crippen molar-refractivity contribution in [3.05, 3.63) is 32.4 Å². The number of nitrogens with one attached hydrogen (secondary N) is 1. The van der Waals surface area contributed by atoms with Gasteiger partial charge in [0.2, 0.25) is 5.71 Å².